The summed E-state index contributed by atoms with van der Waals surface area (Å²) in [7, 11) is 0. The Hall–Kier alpha value is -0.0300. The van der Waals surface area contributed by atoms with Crippen molar-refractivity contribution in [2.24, 2.45) is 5.41 Å². The molecule has 3 rings (SSSR count). The van der Waals surface area contributed by atoms with Crippen molar-refractivity contribution in [2.75, 3.05) is 39.3 Å². The van der Waals surface area contributed by atoms with E-state index in [2.05, 4.69) is 22.0 Å². The maximum atomic E-state index is 12.8. The highest BCUT2D eigenvalue weighted by Crippen LogP contribution is 2.30. The number of amides is 1. The summed E-state index contributed by atoms with van der Waals surface area (Å²) in [4.78, 5) is 17.6. The summed E-state index contributed by atoms with van der Waals surface area (Å²) in [6, 6.07) is 0.631. The summed E-state index contributed by atoms with van der Waals surface area (Å²) in [6.07, 6.45) is 6.13. The number of piperazine rings is 1. The van der Waals surface area contributed by atoms with Crippen LogP contribution in [0.2, 0.25) is 0 Å². The number of rotatable bonds is 1. The lowest BCUT2D eigenvalue weighted by atomic mass is 9.81. The number of carbonyl (C=O) groups is 1. The Morgan fingerprint density at radius 2 is 1.95 bits per heavy atom. The van der Waals surface area contributed by atoms with Gasteiger partial charge in [-0.1, -0.05) is 6.42 Å². The van der Waals surface area contributed by atoms with Crippen LogP contribution in [0.4, 0.5) is 0 Å². The number of carbonyl (C=O) groups excluding carboxylic acids is 1. The number of hydrogen-bond donors (Lipinski definition) is 1. The summed E-state index contributed by atoms with van der Waals surface area (Å²) in [5.41, 5.74) is -0.158. The number of halogens is 2. The molecule has 0 aliphatic carbocycles. The molecule has 0 bridgehead atoms. The Bertz CT molecular complexity index is 348. The van der Waals surface area contributed by atoms with Crippen molar-refractivity contribution >= 4 is 30.7 Å². The van der Waals surface area contributed by atoms with Crippen LogP contribution in [0.15, 0.2) is 0 Å². The maximum Gasteiger partial charge on any atom is 0.229 e. The predicted octanol–water partition coefficient (Wildman–Crippen LogP) is 1.92. The van der Waals surface area contributed by atoms with Crippen LogP contribution in [0, 0.1) is 5.41 Å². The van der Waals surface area contributed by atoms with E-state index in [0.29, 0.717) is 11.9 Å². The van der Waals surface area contributed by atoms with Gasteiger partial charge in [-0.3, -0.25) is 9.69 Å². The third kappa shape index (κ3) is 4.04. The van der Waals surface area contributed by atoms with E-state index in [1.807, 2.05) is 0 Å². The molecule has 3 saturated heterocycles. The third-order valence-electron chi connectivity index (χ3n) is 5.24. The summed E-state index contributed by atoms with van der Waals surface area (Å²) >= 11 is 0. The molecule has 0 saturated carbocycles. The highest BCUT2D eigenvalue weighted by molar-refractivity contribution is 5.85. The monoisotopic (exact) mass is 337 g/mol. The SMILES string of the molecule is CC1(C(=O)N2CCN3CCCCC3C2)CCCNC1.Cl.Cl. The Morgan fingerprint density at radius 3 is 2.67 bits per heavy atom. The molecule has 3 heterocycles. The van der Waals surface area contributed by atoms with Gasteiger partial charge in [0.15, 0.2) is 0 Å². The molecule has 1 amide bonds. The molecule has 21 heavy (non-hydrogen) atoms. The molecular formula is C15H29Cl2N3O. The molecule has 0 aromatic heterocycles. The van der Waals surface area contributed by atoms with Crippen LogP contribution in [0.3, 0.4) is 0 Å². The molecule has 124 valence electrons. The Kier molecular flexibility index (Phi) is 7.25. The van der Waals surface area contributed by atoms with Crippen LogP contribution in [-0.4, -0.2) is 61.0 Å². The minimum Gasteiger partial charge on any atom is -0.339 e. The van der Waals surface area contributed by atoms with E-state index < -0.39 is 0 Å². The van der Waals surface area contributed by atoms with E-state index in [9.17, 15) is 4.79 Å². The quantitative estimate of drug-likeness (QED) is 0.793. The Labute approximate surface area is 140 Å². The van der Waals surface area contributed by atoms with Crippen molar-refractivity contribution < 1.29 is 4.79 Å². The summed E-state index contributed by atoms with van der Waals surface area (Å²) < 4.78 is 0. The van der Waals surface area contributed by atoms with E-state index in [-0.39, 0.29) is 30.2 Å². The molecule has 2 atom stereocenters. The van der Waals surface area contributed by atoms with Gasteiger partial charge < -0.3 is 10.2 Å². The van der Waals surface area contributed by atoms with Crippen molar-refractivity contribution in [3.05, 3.63) is 0 Å². The van der Waals surface area contributed by atoms with E-state index >= 15 is 0 Å². The topological polar surface area (TPSA) is 35.6 Å². The minimum atomic E-state index is -0.158. The van der Waals surface area contributed by atoms with E-state index in [1.165, 1.54) is 25.8 Å². The van der Waals surface area contributed by atoms with Gasteiger partial charge in [0.2, 0.25) is 5.91 Å². The first-order chi connectivity index (χ1) is 9.19. The van der Waals surface area contributed by atoms with Gasteiger partial charge in [-0.2, -0.15) is 0 Å². The fraction of sp³-hybridized carbons (Fsp3) is 0.933. The fourth-order valence-electron chi connectivity index (χ4n) is 3.96. The molecular weight excluding hydrogens is 309 g/mol. The highest BCUT2D eigenvalue weighted by Gasteiger charge is 2.40. The number of nitrogens with zero attached hydrogens (tertiary/aromatic N) is 2. The smallest absolute Gasteiger partial charge is 0.229 e. The van der Waals surface area contributed by atoms with Crippen LogP contribution in [0.25, 0.3) is 0 Å². The van der Waals surface area contributed by atoms with Crippen LogP contribution < -0.4 is 5.32 Å². The standard InChI is InChI=1S/C15H27N3O.2ClH/c1-15(6-4-7-16-12-15)14(19)18-10-9-17-8-3-2-5-13(17)11-18;;/h13,16H,2-12H2,1H3;2*1H. The second kappa shape index (κ2) is 8.00. The molecule has 3 fully saturated rings. The lowest BCUT2D eigenvalue weighted by molar-refractivity contribution is -0.145. The first kappa shape index (κ1) is 19.0. The summed E-state index contributed by atoms with van der Waals surface area (Å²) in [6.45, 7) is 8.30. The van der Waals surface area contributed by atoms with E-state index in [4.69, 9.17) is 0 Å². The highest BCUT2D eigenvalue weighted by atomic mass is 35.5. The zero-order valence-electron chi connectivity index (χ0n) is 13.0. The predicted molar refractivity (Wildman–Crippen MR) is 90.5 cm³/mol. The largest absolute Gasteiger partial charge is 0.339 e. The lowest BCUT2D eigenvalue weighted by Crippen LogP contribution is -2.60. The second-order valence-corrected chi connectivity index (χ2v) is 6.78. The first-order valence-electron chi connectivity index (χ1n) is 7.93. The van der Waals surface area contributed by atoms with Crippen molar-refractivity contribution in [2.45, 2.75) is 45.1 Å². The number of fused-ring (bicyclic) bond motifs is 1. The number of hydrogen-bond acceptors (Lipinski definition) is 3. The molecule has 0 spiro atoms. The van der Waals surface area contributed by atoms with Gasteiger partial charge in [-0.05, 0) is 45.7 Å². The third-order valence-corrected chi connectivity index (χ3v) is 5.24. The molecule has 4 nitrogen and oxygen atoms in total. The lowest BCUT2D eigenvalue weighted by Gasteiger charge is -2.46. The summed E-state index contributed by atoms with van der Waals surface area (Å²) in [5.74, 6) is 0.393. The molecule has 2 unspecified atom stereocenters. The van der Waals surface area contributed by atoms with Gasteiger partial charge in [0, 0.05) is 32.2 Å². The fourth-order valence-corrected chi connectivity index (χ4v) is 3.96. The van der Waals surface area contributed by atoms with Crippen molar-refractivity contribution in [3.8, 4) is 0 Å². The van der Waals surface area contributed by atoms with E-state index in [0.717, 1.165) is 45.6 Å². The summed E-state index contributed by atoms with van der Waals surface area (Å²) in [5, 5.41) is 3.39. The molecule has 1 N–H and O–H groups in total. The van der Waals surface area contributed by atoms with Gasteiger partial charge in [0.05, 0.1) is 5.41 Å². The van der Waals surface area contributed by atoms with Crippen molar-refractivity contribution in [1.82, 2.24) is 15.1 Å². The average Bonchev–Trinajstić information content (AvgIpc) is 2.47. The maximum absolute atomic E-state index is 12.8. The molecule has 3 aliphatic rings. The number of piperidine rings is 2. The molecule has 3 aliphatic heterocycles. The molecule has 6 heteroatoms. The first-order valence-corrected chi connectivity index (χ1v) is 7.93. The van der Waals surface area contributed by atoms with Crippen LogP contribution in [0.5, 0.6) is 0 Å². The van der Waals surface area contributed by atoms with Gasteiger partial charge in [-0.25, -0.2) is 0 Å². The van der Waals surface area contributed by atoms with Gasteiger partial charge in [0.1, 0.15) is 0 Å². The normalized spacial score (nSPS) is 33.4. The van der Waals surface area contributed by atoms with E-state index in [1.54, 1.807) is 0 Å². The van der Waals surface area contributed by atoms with Crippen LogP contribution in [0.1, 0.15) is 39.0 Å². The molecule has 0 radical (unpaired) electrons. The van der Waals surface area contributed by atoms with Crippen LogP contribution in [-0.2, 0) is 4.79 Å². The minimum absolute atomic E-state index is 0. The average molecular weight is 338 g/mol. The Morgan fingerprint density at radius 1 is 1.14 bits per heavy atom. The molecule has 0 aromatic carbocycles. The Balaban J connectivity index is 0.00000110. The zero-order valence-corrected chi connectivity index (χ0v) is 14.6. The number of nitrogens with one attached hydrogen (secondary N) is 1. The van der Waals surface area contributed by atoms with Gasteiger partial charge in [-0.15, -0.1) is 24.8 Å². The van der Waals surface area contributed by atoms with Gasteiger partial charge >= 0.3 is 0 Å². The second-order valence-electron chi connectivity index (χ2n) is 6.78. The van der Waals surface area contributed by atoms with Crippen LogP contribution >= 0.6 is 24.8 Å². The van der Waals surface area contributed by atoms with Crippen molar-refractivity contribution in [1.29, 1.82) is 0 Å². The molecule has 0 aromatic rings. The van der Waals surface area contributed by atoms with Crippen molar-refractivity contribution in [3.63, 3.8) is 0 Å². The zero-order chi connectivity index (χ0) is 13.3. The van der Waals surface area contributed by atoms with Gasteiger partial charge in [0.25, 0.3) is 0 Å².